The van der Waals surface area contributed by atoms with E-state index in [1.807, 2.05) is 0 Å². The Labute approximate surface area is 119 Å². The van der Waals surface area contributed by atoms with Gasteiger partial charge in [0.2, 0.25) is 11.8 Å². The van der Waals surface area contributed by atoms with Gasteiger partial charge < -0.3 is 0 Å². The number of likely N-dealkylation sites (tertiary alicyclic amines) is 1. The van der Waals surface area contributed by atoms with Gasteiger partial charge in [-0.05, 0) is 42.9 Å². The fourth-order valence-corrected chi connectivity index (χ4v) is 5.68. The molecule has 3 nitrogen and oxygen atoms in total. The third-order valence-corrected chi connectivity index (χ3v) is 6.64. The summed E-state index contributed by atoms with van der Waals surface area (Å²) in [6.45, 7) is 0. The monoisotopic (exact) mass is 271 g/mol. The molecule has 106 valence electrons. The lowest BCUT2D eigenvalue weighted by molar-refractivity contribution is -0.143. The van der Waals surface area contributed by atoms with E-state index >= 15 is 0 Å². The van der Waals surface area contributed by atoms with Crippen LogP contribution in [-0.4, -0.2) is 22.8 Å². The van der Waals surface area contributed by atoms with Gasteiger partial charge in [0.25, 0.3) is 0 Å². The van der Waals surface area contributed by atoms with Crippen LogP contribution in [0.25, 0.3) is 0 Å². The molecule has 2 bridgehead atoms. The molecular formula is C17H21NO2. The van der Waals surface area contributed by atoms with E-state index in [1.165, 1.54) is 25.7 Å². The van der Waals surface area contributed by atoms with Crippen LogP contribution in [0.1, 0.15) is 38.5 Å². The molecule has 1 heterocycles. The number of carbonyl (C=O) groups is 2. The molecule has 0 unspecified atom stereocenters. The van der Waals surface area contributed by atoms with Crippen molar-refractivity contribution >= 4 is 11.8 Å². The summed E-state index contributed by atoms with van der Waals surface area (Å²) in [5.74, 6) is 2.54. The first-order valence-corrected chi connectivity index (χ1v) is 8.32. The Morgan fingerprint density at radius 2 is 1.40 bits per heavy atom. The molecule has 0 radical (unpaired) electrons. The van der Waals surface area contributed by atoms with Gasteiger partial charge >= 0.3 is 0 Å². The van der Waals surface area contributed by atoms with Crippen LogP contribution in [0.5, 0.6) is 0 Å². The van der Waals surface area contributed by atoms with Gasteiger partial charge in [-0.25, -0.2) is 0 Å². The minimum absolute atomic E-state index is 0.00294. The van der Waals surface area contributed by atoms with Crippen molar-refractivity contribution in [2.24, 2.45) is 35.5 Å². The van der Waals surface area contributed by atoms with E-state index in [1.54, 1.807) is 4.90 Å². The van der Waals surface area contributed by atoms with Crippen LogP contribution in [0.2, 0.25) is 0 Å². The number of amides is 2. The Balaban J connectivity index is 1.50. The van der Waals surface area contributed by atoms with Crippen molar-refractivity contribution in [3.63, 3.8) is 0 Å². The van der Waals surface area contributed by atoms with E-state index in [9.17, 15) is 9.59 Å². The maximum Gasteiger partial charge on any atom is 0.233 e. The van der Waals surface area contributed by atoms with Crippen LogP contribution in [0.4, 0.5) is 0 Å². The number of hydrogen-bond acceptors (Lipinski definition) is 2. The number of imide groups is 1. The SMILES string of the molecule is O=C1[C@@H]2[C@H]3C=C[C@@H]([C@@H]4C[C@@H]34)[C@H]2C(=O)N1C1CCCCC1. The molecule has 6 atom stereocenters. The Morgan fingerprint density at radius 1 is 0.850 bits per heavy atom. The first kappa shape index (κ1) is 11.5. The number of rotatable bonds is 1. The molecule has 0 aromatic carbocycles. The standard InChI is InChI=1S/C17H21NO2/c19-16-14-10-6-7-11(13-8-12(10)13)15(14)17(20)18(16)9-4-2-1-3-5-9/h6-7,9-15H,1-5,8H2/t10-,11-,12-,13-,14+,15+/m0/s1. The van der Waals surface area contributed by atoms with Gasteiger partial charge in [-0.15, -0.1) is 0 Å². The molecule has 4 fully saturated rings. The van der Waals surface area contributed by atoms with Gasteiger partial charge in [-0.2, -0.15) is 0 Å². The second-order valence-electron chi connectivity index (χ2n) is 7.49. The smallest absolute Gasteiger partial charge is 0.233 e. The Bertz CT molecular complexity index is 483. The zero-order valence-electron chi connectivity index (χ0n) is 11.7. The maximum absolute atomic E-state index is 12.9. The van der Waals surface area contributed by atoms with Crippen LogP contribution in [0.3, 0.4) is 0 Å². The topological polar surface area (TPSA) is 37.4 Å². The molecule has 6 aliphatic rings. The van der Waals surface area contributed by atoms with E-state index in [4.69, 9.17) is 0 Å². The zero-order valence-corrected chi connectivity index (χ0v) is 11.7. The minimum atomic E-state index is 0.00294. The molecule has 1 saturated heterocycles. The quantitative estimate of drug-likeness (QED) is 0.542. The van der Waals surface area contributed by atoms with Crippen molar-refractivity contribution in [2.45, 2.75) is 44.6 Å². The van der Waals surface area contributed by atoms with Gasteiger partial charge in [-0.1, -0.05) is 31.4 Å². The highest BCUT2D eigenvalue weighted by Crippen LogP contribution is 2.65. The van der Waals surface area contributed by atoms with E-state index in [-0.39, 0.29) is 29.7 Å². The van der Waals surface area contributed by atoms with Crippen LogP contribution in [-0.2, 0) is 9.59 Å². The number of nitrogens with zero attached hydrogens (tertiary/aromatic N) is 1. The molecule has 0 aromatic heterocycles. The van der Waals surface area contributed by atoms with Gasteiger partial charge in [-0.3, -0.25) is 14.5 Å². The van der Waals surface area contributed by atoms with E-state index < -0.39 is 0 Å². The molecule has 0 aromatic rings. The highest BCUT2D eigenvalue weighted by molar-refractivity contribution is 6.06. The van der Waals surface area contributed by atoms with Gasteiger partial charge in [0.1, 0.15) is 0 Å². The second kappa shape index (κ2) is 3.75. The van der Waals surface area contributed by atoms with E-state index in [2.05, 4.69) is 12.2 Å². The van der Waals surface area contributed by atoms with Crippen LogP contribution in [0.15, 0.2) is 12.2 Å². The Hall–Kier alpha value is -1.12. The maximum atomic E-state index is 12.9. The lowest BCUT2D eigenvalue weighted by atomic mass is 9.63. The van der Waals surface area contributed by atoms with Crippen molar-refractivity contribution in [1.29, 1.82) is 0 Å². The van der Waals surface area contributed by atoms with E-state index in [0.29, 0.717) is 23.7 Å². The average Bonchev–Trinajstić information content (AvgIpc) is 3.25. The molecule has 2 amide bonds. The van der Waals surface area contributed by atoms with Crippen molar-refractivity contribution in [1.82, 2.24) is 4.90 Å². The molecule has 6 rings (SSSR count). The Kier molecular flexibility index (Phi) is 2.16. The molecule has 0 spiro atoms. The molecule has 3 saturated carbocycles. The fraction of sp³-hybridized carbons (Fsp3) is 0.765. The minimum Gasteiger partial charge on any atom is -0.279 e. The third kappa shape index (κ3) is 1.27. The van der Waals surface area contributed by atoms with Crippen LogP contribution < -0.4 is 0 Å². The predicted molar refractivity (Wildman–Crippen MR) is 73.4 cm³/mol. The molecule has 0 N–H and O–H groups in total. The summed E-state index contributed by atoms with van der Waals surface area (Å²) in [6, 6.07) is 0.213. The summed E-state index contributed by atoms with van der Waals surface area (Å²) in [6.07, 6.45) is 11.4. The number of allylic oxidation sites excluding steroid dienone is 2. The highest BCUT2D eigenvalue weighted by Gasteiger charge is 2.67. The van der Waals surface area contributed by atoms with E-state index in [0.717, 1.165) is 12.8 Å². The van der Waals surface area contributed by atoms with Crippen molar-refractivity contribution in [3.05, 3.63) is 12.2 Å². The molecule has 5 aliphatic carbocycles. The van der Waals surface area contributed by atoms with Crippen LogP contribution in [0, 0.1) is 35.5 Å². The second-order valence-corrected chi connectivity index (χ2v) is 7.49. The number of hydrogen-bond donors (Lipinski definition) is 0. The van der Waals surface area contributed by atoms with Crippen molar-refractivity contribution in [2.75, 3.05) is 0 Å². The van der Waals surface area contributed by atoms with Gasteiger partial charge in [0.05, 0.1) is 11.8 Å². The average molecular weight is 271 g/mol. The highest BCUT2D eigenvalue weighted by atomic mass is 16.2. The lowest BCUT2D eigenvalue weighted by Crippen LogP contribution is -2.42. The predicted octanol–water partition coefficient (Wildman–Crippen LogP) is 2.37. The van der Waals surface area contributed by atoms with Crippen LogP contribution >= 0.6 is 0 Å². The summed E-state index contributed by atoms with van der Waals surface area (Å²) < 4.78 is 0. The first-order chi connectivity index (χ1) is 9.77. The molecule has 20 heavy (non-hydrogen) atoms. The summed E-state index contributed by atoms with van der Waals surface area (Å²) >= 11 is 0. The summed E-state index contributed by atoms with van der Waals surface area (Å²) in [5.41, 5.74) is 0. The lowest BCUT2D eigenvalue weighted by Gasteiger charge is -2.37. The Morgan fingerprint density at radius 3 is 1.95 bits per heavy atom. The van der Waals surface area contributed by atoms with Gasteiger partial charge in [0.15, 0.2) is 0 Å². The third-order valence-electron chi connectivity index (χ3n) is 6.64. The fourth-order valence-electron chi connectivity index (χ4n) is 5.68. The molecular weight excluding hydrogens is 250 g/mol. The largest absolute Gasteiger partial charge is 0.279 e. The summed E-state index contributed by atoms with van der Waals surface area (Å²) in [4.78, 5) is 27.5. The summed E-state index contributed by atoms with van der Waals surface area (Å²) in [5, 5.41) is 0. The molecule has 1 aliphatic heterocycles. The van der Waals surface area contributed by atoms with Crippen molar-refractivity contribution < 1.29 is 9.59 Å². The first-order valence-electron chi connectivity index (χ1n) is 8.32. The van der Waals surface area contributed by atoms with Crippen molar-refractivity contribution in [3.8, 4) is 0 Å². The number of carbonyl (C=O) groups excluding carboxylic acids is 2. The van der Waals surface area contributed by atoms with Gasteiger partial charge in [0, 0.05) is 6.04 Å². The summed E-state index contributed by atoms with van der Waals surface area (Å²) in [7, 11) is 0. The zero-order chi connectivity index (χ0) is 13.4. The molecule has 3 heteroatoms. The normalized spacial score (nSPS) is 49.5.